The van der Waals surface area contributed by atoms with Crippen LogP contribution in [0.3, 0.4) is 0 Å². The molecule has 2 N–H and O–H groups in total. The number of carboxylic acids is 1. The summed E-state index contributed by atoms with van der Waals surface area (Å²) in [5.74, 6) is -1.06. The van der Waals surface area contributed by atoms with Crippen molar-refractivity contribution < 1.29 is 14.7 Å². The molecule has 7 heteroatoms. The standard InChI is InChI=1S/C17H13N3O3S/c18-8-12(7-14-9-24-16(20-14)10-1-2-10)15(21)19-13-5-3-11(4-6-13)17(22)23/h3-7,9-10H,1-2H2,(H,19,21)(H,22,23). The summed E-state index contributed by atoms with van der Waals surface area (Å²) in [6.07, 6.45) is 3.76. The van der Waals surface area contributed by atoms with Gasteiger partial charge in [0.05, 0.1) is 16.3 Å². The number of aromatic carboxylic acids is 1. The molecule has 0 spiro atoms. The number of rotatable bonds is 5. The van der Waals surface area contributed by atoms with E-state index in [4.69, 9.17) is 5.11 Å². The van der Waals surface area contributed by atoms with Crippen LogP contribution in [0.1, 0.15) is 39.8 Å². The van der Waals surface area contributed by atoms with Gasteiger partial charge in [-0.15, -0.1) is 11.3 Å². The molecule has 1 heterocycles. The van der Waals surface area contributed by atoms with Crippen molar-refractivity contribution in [3.8, 4) is 6.07 Å². The monoisotopic (exact) mass is 339 g/mol. The third-order valence-corrected chi connectivity index (χ3v) is 4.54. The first-order chi connectivity index (χ1) is 11.6. The molecule has 3 rings (SSSR count). The van der Waals surface area contributed by atoms with Crippen molar-refractivity contribution in [2.75, 3.05) is 5.32 Å². The van der Waals surface area contributed by atoms with Crippen molar-refractivity contribution >= 4 is 35.0 Å². The quantitative estimate of drug-likeness (QED) is 0.643. The van der Waals surface area contributed by atoms with Crippen molar-refractivity contribution in [2.24, 2.45) is 0 Å². The second-order valence-electron chi connectivity index (χ2n) is 5.39. The van der Waals surface area contributed by atoms with Gasteiger partial charge in [0.15, 0.2) is 0 Å². The van der Waals surface area contributed by atoms with E-state index in [1.165, 1.54) is 30.3 Å². The largest absolute Gasteiger partial charge is 0.478 e. The lowest BCUT2D eigenvalue weighted by molar-refractivity contribution is -0.112. The summed E-state index contributed by atoms with van der Waals surface area (Å²) >= 11 is 1.54. The summed E-state index contributed by atoms with van der Waals surface area (Å²) in [7, 11) is 0. The number of carbonyl (C=O) groups excluding carboxylic acids is 1. The Bertz CT molecular complexity index is 858. The van der Waals surface area contributed by atoms with Gasteiger partial charge < -0.3 is 10.4 Å². The third kappa shape index (κ3) is 3.67. The number of carbonyl (C=O) groups is 2. The molecule has 1 saturated carbocycles. The maximum absolute atomic E-state index is 12.2. The van der Waals surface area contributed by atoms with Gasteiger partial charge in [0.2, 0.25) is 0 Å². The molecule has 1 aromatic heterocycles. The molecular weight excluding hydrogens is 326 g/mol. The highest BCUT2D eigenvalue weighted by molar-refractivity contribution is 7.09. The van der Waals surface area contributed by atoms with Crippen molar-refractivity contribution in [1.82, 2.24) is 4.98 Å². The number of benzene rings is 1. The molecule has 2 aromatic rings. The molecule has 1 aliphatic carbocycles. The van der Waals surface area contributed by atoms with Crippen molar-refractivity contribution in [1.29, 1.82) is 5.26 Å². The molecule has 1 fully saturated rings. The van der Waals surface area contributed by atoms with Crippen LogP contribution in [0.25, 0.3) is 6.08 Å². The van der Waals surface area contributed by atoms with Crippen LogP contribution in [0.2, 0.25) is 0 Å². The minimum absolute atomic E-state index is 0.0510. The number of hydrogen-bond acceptors (Lipinski definition) is 5. The molecule has 1 amide bonds. The maximum Gasteiger partial charge on any atom is 0.335 e. The van der Waals surface area contributed by atoms with Gasteiger partial charge in [-0.3, -0.25) is 4.79 Å². The molecule has 1 aliphatic rings. The SMILES string of the molecule is N#CC(=Cc1csc(C2CC2)n1)C(=O)Nc1ccc(C(=O)O)cc1. The number of aromatic nitrogens is 1. The predicted octanol–water partition coefficient (Wildman–Crippen LogP) is 3.26. The van der Waals surface area contributed by atoms with E-state index in [2.05, 4.69) is 10.3 Å². The zero-order valence-electron chi connectivity index (χ0n) is 12.5. The Morgan fingerprint density at radius 3 is 2.62 bits per heavy atom. The fourth-order valence-electron chi connectivity index (χ4n) is 2.08. The first kappa shape index (κ1) is 15.9. The number of hydrogen-bond donors (Lipinski definition) is 2. The summed E-state index contributed by atoms with van der Waals surface area (Å²) in [5.41, 5.74) is 1.10. The molecule has 0 atom stereocenters. The van der Waals surface area contributed by atoms with E-state index < -0.39 is 11.9 Å². The number of nitrogens with zero attached hydrogens (tertiary/aromatic N) is 2. The van der Waals surface area contributed by atoms with Crippen LogP contribution in [-0.2, 0) is 4.79 Å². The zero-order valence-corrected chi connectivity index (χ0v) is 13.3. The Hall–Kier alpha value is -2.98. The van der Waals surface area contributed by atoms with E-state index >= 15 is 0 Å². The molecule has 6 nitrogen and oxygen atoms in total. The number of thiazole rings is 1. The summed E-state index contributed by atoms with van der Waals surface area (Å²) in [5, 5.41) is 23.5. The minimum Gasteiger partial charge on any atom is -0.478 e. The average molecular weight is 339 g/mol. The minimum atomic E-state index is -1.04. The first-order valence-electron chi connectivity index (χ1n) is 7.29. The summed E-state index contributed by atoms with van der Waals surface area (Å²) < 4.78 is 0. The molecule has 1 aromatic carbocycles. The van der Waals surface area contributed by atoms with Crippen molar-refractivity contribution in [2.45, 2.75) is 18.8 Å². The number of anilines is 1. The fourth-order valence-corrected chi connectivity index (χ4v) is 3.02. The molecule has 24 heavy (non-hydrogen) atoms. The topological polar surface area (TPSA) is 103 Å². The van der Waals surface area contributed by atoms with Crippen LogP contribution in [0, 0.1) is 11.3 Å². The van der Waals surface area contributed by atoms with Crippen LogP contribution in [0.4, 0.5) is 5.69 Å². The smallest absolute Gasteiger partial charge is 0.335 e. The highest BCUT2D eigenvalue weighted by atomic mass is 32.1. The van der Waals surface area contributed by atoms with Gasteiger partial charge in [-0.05, 0) is 43.2 Å². The maximum atomic E-state index is 12.2. The highest BCUT2D eigenvalue weighted by Gasteiger charge is 2.26. The summed E-state index contributed by atoms with van der Waals surface area (Å²) in [4.78, 5) is 27.4. The van der Waals surface area contributed by atoms with Crippen molar-refractivity contribution in [3.63, 3.8) is 0 Å². The summed E-state index contributed by atoms with van der Waals surface area (Å²) in [6, 6.07) is 7.60. The fraction of sp³-hybridized carbons (Fsp3) is 0.176. The molecule has 0 unspecified atom stereocenters. The lowest BCUT2D eigenvalue weighted by atomic mass is 10.2. The number of nitrogens with one attached hydrogen (secondary N) is 1. The Morgan fingerprint density at radius 2 is 2.04 bits per heavy atom. The number of nitriles is 1. The lowest BCUT2D eigenvalue weighted by Gasteiger charge is -2.04. The predicted molar refractivity (Wildman–Crippen MR) is 89.7 cm³/mol. The third-order valence-electron chi connectivity index (χ3n) is 3.51. The van der Waals surface area contributed by atoms with Crippen LogP contribution in [-0.4, -0.2) is 22.0 Å². The first-order valence-corrected chi connectivity index (χ1v) is 8.16. The second kappa shape index (κ2) is 6.64. The highest BCUT2D eigenvalue weighted by Crippen LogP contribution is 2.41. The zero-order chi connectivity index (χ0) is 17.1. The molecule has 0 aliphatic heterocycles. The van der Waals surface area contributed by atoms with Crippen LogP contribution in [0.15, 0.2) is 35.2 Å². The second-order valence-corrected chi connectivity index (χ2v) is 6.28. The van der Waals surface area contributed by atoms with Crippen molar-refractivity contribution in [3.05, 3.63) is 51.5 Å². The van der Waals surface area contributed by atoms with Gasteiger partial charge in [-0.25, -0.2) is 9.78 Å². The van der Waals surface area contributed by atoms with Gasteiger partial charge >= 0.3 is 5.97 Å². The molecule has 120 valence electrons. The Labute approximate surface area is 142 Å². The Kier molecular flexibility index (Phi) is 4.40. The number of carboxylic acid groups (broad SMARTS) is 1. The Balaban J connectivity index is 1.72. The lowest BCUT2D eigenvalue weighted by Crippen LogP contribution is -2.13. The van der Waals surface area contributed by atoms with E-state index in [0.29, 0.717) is 17.3 Å². The van der Waals surface area contributed by atoms with Gasteiger partial charge in [-0.1, -0.05) is 0 Å². The van der Waals surface area contributed by atoms with E-state index in [1.807, 2.05) is 11.4 Å². The molecule has 0 bridgehead atoms. The van der Waals surface area contributed by atoms with E-state index in [9.17, 15) is 14.9 Å². The van der Waals surface area contributed by atoms with E-state index in [-0.39, 0.29) is 11.1 Å². The van der Waals surface area contributed by atoms with Gasteiger partial charge in [0.25, 0.3) is 5.91 Å². The van der Waals surface area contributed by atoms with Gasteiger partial charge in [0, 0.05) is 17.0 Å². The van der Waals surface area contributed by atoms with Gasteiger partial charge in [-0.2, -0.15) is 5.26 Å². The average Bonchev–Trinajstić information content (AvgIpc) is 3.32. The van der Waals surface area contributed by atoms with Crippen LogP contribution < -0.4 is 5.32 Å². The molecular formula is C17H13N3O3S. The Morgan fingerprint density at radius 1 is 1.33 bits per heavy atom. The van der Waals surface area contributed by atoms with E-state index in [0.717, 1.165) is 17.8 Å². The van der Waals surface area contributed by atoms with Gasteiger partial charge in [0.1, 0.15) is 11.6 Å². The van der Waals surface area contributed by atoms with Crippen LogP contribution in [0.5, 0.6) is 0 Å². The number of amides is 1. The normalized spacial score (nSPS) is 14.0. The summed E-state index contributed by atoms with van der Waals surface area (Å²) in [6.45, 7) is 0. The van der Waals surface area contributed by atoms with E-state index in [1.54, 1.807) is 11.3 Å². The molecule has 0 saturated heterocycles. The molecule has 0 radical (unpaired) electrons. The van der Waals surface area contributed by atoms with Crippen LogP contribution >= 0.6 is 11.3 Å².